The minimum Gasteiger partial charge on any atom is -0.469 e. The van der Waals surface area contributed by atoms with E-state index in [0.29, 0.717) is 0 Å². The molecular weight excluding hydrogens is 366 g/mol. The lowest BCUT2D eigenvalue weighted by Crippen LogP contribution is -2.52. The van der Waals surface area contributed by atoms with E-state index in [4.69, 9.17) is 14.2 Å². The summed E-state index contributed by atoms with van der Waals surface area (Å²) in [6.07, 6.45) is -4.57. The summed E-state index contributed by atoms with van der Waals surface area (Å²) in [7, 11) is 1.08. The van der Waals surface area contributed by atoms with Gasteiger partial charge in [-0.15, -0.1) is 0 Å². The van der Waals surface area contributed by atoms with E-state index in [9.17, 15) is 29.1 Å². The number of amides is 1. The number of carbonyl (C=O) groups is 5. The van der Waals surface area contributed by atoms with E-state index in [1.165, 1.54) is 0 Å². The summed E-state index contributed by atoms with van der Waals surface area (Å²) in [6.45, 7) is 3.29. The summed E-state index contributed by atoms with van der Waals surface area (Å²) in [5, 5.41) is 13.4. The van der Waals surface area contributed by atoms with Gasteiger partial charge < -0.3 is 29.4 Å². The molecule has 2 aliphatic rings. The molecule has 11 heteroatoms. The monoisotopic (exact) mass is 387 g/mol. The van der Waals surface area contributed by atoms with Gasteiger partial charge in [-0.1, -0.05) is 0 Å². The van der Waals surface area contributed by atoms with Crippen molar-refractivity contribution in [1.29, 1.82) is 0 Å². The molecule has 0 bridgehead atoms. The SMILES string of the molecule is COC(=O)C[C@@]1(O)C(=O)N[C@@H]2[C@H](OC(C)=O)[C@@H](OC(C)=O)[C@H](OC(C)=O)[C@@H]21. The number of hydrogen-bond donors (Lipinski definition) is 2. The number of nitrogens with one attached hydrogen (secondary N) is 1. The smallest absolute Gasteiger partial charge is 0.309 e. The molecule has 0 aromatic carbocycles. The highest BCUT2D eigenvalue weighted by Gasteiger charge is 2.70. The van der Waals surface area contributed by atoms with Crippen molar-refractivity contribution in [3.63, 3.8) is 0 Å². The van der Waals surface area contributed by atoms with E-state index in [0.717, 1.165) is 27.9 Å². The molecule has 1 amide bonds. The van der Waals surface area contributed by atoms with Crippen molar-refractivity contribution in [3.05, 3.63) is 0 Å². The lowest BCUT2D eigenvalue weighted by atomic mass is 9.82. The first kappa shape index (κ1) is 20.6. The Morgan fingerprint density at radius 2 is 1.44 bits per heavy atom. The van der Waals surface area contributed by atoms with Crippen LogP contribution in [0.25, 0.3) is 0 Å². The van der Waals surface area contributed by atoms with Gasteiger partial charge in [-0.2, -0.15) is 0 Å². The van der Waals surface area contributed by atoms with Crippen LogP contribution in [0.15, 0.2) is 0 Å². The lowest BCUT2D eigenvalue weighted by Gasteiger charge is -2.31. The Kier molecular flexibility index (Phi) is 5.73. The number of hydrogen-bond acceptors (Lipinski definition) is 10. The molecule has 0 radical (unpaired) electrons. The molecule has 0 aromatic rings. The first-order valence-electron chi connectivity index (χ1n) is 8.13. The molecule has 1 saturated heterocycles. The van der Waals surface area contributed by atoms with Crippen molar-refractivity contribution in [2.45, 2.75) is 57.1 Å². The quantitative estimate of drug-likeness (QED) is 0.408. The van der Waals surface area contributed by atoms with Crippen molar-refractivity contribution in [2.24, 2.45) is 5.92 Å². The number of methoxy groups -OCH3 is 1. The van der Waals surface area contributed by atoms with Crippen molar-refractivity contribution >= 4 is 29.8 Å². The summed E-state index contributed by atoms with van der Waals surface area (Å²) in [6, 6.07) is -1.05. The molecule has 0 spiro atoms. The van der Waals surface area contributed by atoms with E-state index in [1.807, 2.05) is 0 Å². The number of rotatable bonds is 5. The Balaban J connectivity index is 2.50. The van der Waals surface area contributed by atoms with Gasteiger partial charge >= 0.3 is 23.9 Å². The zero-order valence-corrected chi connectivity index (χ0v) is 15.2. The number of esters is 4. The standard InChI is InChI=1S/C16H21NO10/c1-6(18)25-12-10-11(13(26-7(2)19)14(12)27-8(3)20)17-15(22)16(10,23)5-9(21)24-4/h10-14,23H,5H2,1-4H3,(H,17,22)/t10-,11+,12-,13+,14+,16+/m1/s1. The van der Waals surface area contributed by atoms with Gasteiger partial charge in [0.1, 0.15) is 0 Å². The Labute approximate surface area is 154 Å². The zero-order chi connectivity index (χ0) is 20.5. The van der Waals surface area contributed by atoms with E-state index < -0.39 is 72.1 Å². The molecule has 2 fully saturated rings. The number of ether oxygens (including phenoxy) is 4. The number of carbonyl (C=O) groups excluding carboxylic acids is 5. The highest BCUT2D eigenvalue weighted by atomic mass is 16.6. The Hall–Kier alpha value is -2.69. The molecule has 11 nitrogen and oxygen atoms in total. The summed E-state index contributed by atoms with van der Waals surface area (Å²) >= 11 is 0. The average Bonchev–Trinajstić information content (AvgIpc) is 2.93. The van der Waals surface area contributed by atoms with Gasteiger partial charge in [-0.3, -0.25) is 24.0 Å². The molecule has 1 saturated carbocycles. The van der Waals surface area contributed by atoms with Crippen molar-refractivity contribution < 1.29 is 48.0 Å². The fourth-order valence-electron chi connectivity index (χ4n) is 3.65. The molecule has 2 N–H and O–H groups in total. The van der Waals surface area contributed by atoms with Crippen molar-refractivity contribution in [2.75, 3.05) is 7.11 Å². The van der Waals surface area contributed by atoms with Crippen LogP contribution in [0.1, 0.15) is 27.2 Å². The average molecular weight is 387 g/mol. The minimum atomic E-state index is -2.31. The van der Waals surface area contributed by atoms with Crippen LogP contribution in [0, 0.1) is 5.92 Å². The van der Waals surface area contributed by atoms with Crippen LogP contribution in [-0.4, -0.2) is 72.0 Å². The third kappa shape index (κ3) is 3.87. The highest BCUT2D eigenvalue weighted by Crippen LogP contribution is 2.45. The van der Waals surface area contributed by atoms with E-state index >= 15 is 0 Å². The van der Waals surface area contributed by atoms with Crippen LogP contribution in [0.2, 0.25) is 0 Å². The third-order valence-corrected chi connectivity index (χ3v) is 4.53. The summed E-state index contributed by atoms with van der Waals surface area (Å²) < 4.78 is 20.0. The van der Waals surface area contributed by atoms with Gasteiger partial charge in [0.25, 0.3) is 5.91 Å². The topological polar surface area (TPSA) is 155 Å². The molecule has 27 heavy (non-hydrogen) atoms. The number of aliphatic hydroxyl groups is 1. The van der Waals surface area contributed by atoms with E-state index in [2.05, 4.69) is 10.1 Å². The van der Waals surface area contributed by atoms with Crippen LogP contribution in [0.4, 0.5) is 0 Å². The van der Waals surface area contributed by atoms with Gasteiger partial charge in [0, 0.05) is 20.8 Å². The van der Waals surface area contributed by atoms with E-state index in [-0.39, 0.29) is 0 Å². The maximum atomic E-state index is 12.4. The van der Waals surface area contributed by atoms with Crippen molar-refractivity contribution in [1.82, 2.24) is 5.32 Å². The van der Waals surface area contributed by atoms with Crippen LogP contribution in [0.3, 0.4) is 0 Å². The molecular formula is C16H21NO10. The second-order valence-corrected chi connectivity index (χ2v) is 6.42. The minimum absolute atomic E-state index is 0.728. The molecule has 0 unspecified atom stereocenters. The molecule has 1 aliphatic carbocycles. The Morgan fingerprint density at radius 1 is 0.963 bits per heavy atom. The normalized spacial score (nSPS) is 34.3. The molecule has 1 heterocycles. The maximum absolute atomic E-state index is 12.4. The summed E-state index contributed by atoms with van der Waals surface area (Å²) in [4.78, 5) is 58.7. The van der Waals surface area contributed by atoms with Gasteiger partial charge in [-0.25, -0.2) is 0 Å². The Morgan fingerprint density at radius 3 is 1.93 bits per heavy atom. The first-order chi connectivity index (χ1) is 12.5. The van der Waals surface area contributed by atoms with Crippen LogP contribution < -0.4 is 5.32 Å². The predicted molar refractivity (Wildman–Crippen MR) is 83.7 cm³/mol. The second kappa shape index (κ2) is 7.51. The van der Waals surface area contributed by atoms with Gasteiger partial charge in [0.05, 0.1) is 25.5 Å². The van der Waals surface area contributed by atoms with Crippen molar-refractivity contribution in [3.8, 4) is 0 Å². The molecule has 2 rings (SSSR count). The molecule has 6 atom stereocenters. The van der Waals surface area contributed by atoms with Gasteiger partial charge in [0.15, 0.2) is 23.9 Å². The second-order valence-electron chi connectivity index (χ2n) is 6.42. The Bertz CT molecular complexity index is 676. The summed E-state index contributed by atoms with van der Waals surface area (Å²) in [5.74, 6) is -5.29. The van der Waals surface area contributed by atoms with Gasteiger partial charge in [0.2, 0.25) is 0 Å². The zero-order valence-electron chi connectivity index (χ0n) is 15.2. The highest BCUT2D eigenvalue weighted by molar-refractivity contribution is 5.93. The van der Waals surface area contributed by atoms with Gasteiger partial charge in [-0.05, 0) is 0 Å². The third-order valence-electron chi connectivity index (χ3n) is 4.53. The molecule has 1 aliphatic heterocycles. The predicted octanol–water partition coefficient (Wildman–Crippen LogP) is -1.80. The lowest BCUT2D eigenvalue weighted by molar-refractivity contribution is -0.182. The first-order valence-corrected chi connectivity index (χ1v) is 8.13. The molecule has 0 aromatic heterocycles. The van der Waals surface area contributed by atoms with Crippen LogP contribution in [0.5, 0.6) is 0 Å². The largest absolute Gasteiger partial charge is 0.469 e. The number of fused-ring (bicyclic) bond motifs is 1. The van der Waals surface area contributed by atoms with Crippen LogP contribution >= 0.6 is 0 Å². The van der Waals surface area contributed by atoms with E-state index in [1.54, 1.807) is 0 Å². The van der Waals surface area contributed by atoms with Crippen LogP contribution in [-0.2, 0) is 42.9 Å². The summed E-state index contributed by atoms with van der Waals surface area (Å²) in [5.41, 5.74) is -2.31. The maximum Gasteiger partial charge on any atom is 0.309 e. The molecule has 150 valence electrons. The fourth-order valence-corrected chi connectivity index (χ4v) is 3.65. The fraction of sp³-hybridized carbons (Fsp3) is 0.688.